The average molecular weight is 532 g/mol. The number of carbonyl (C=O) groups is 3. The summed E-state index contributed by atoms with van der Waals surface area (Å²) in [6, 6.07) is 5.07. The number of halogens is 1. The van der Waals surface area contributed by atoms with Crippen LogP contribution < -0.4 is 10.6 Å². The highest BCUT2D eigenvalue weighted by molar-refractivity contribution is 5.87. The van der Waals surface area contributed by atoms with Gasteiger partial charge in [0.1, 0.15) is 17.5 Å². The Labute approximate surface area is 227 Å². The number of nitrogens with one attached hydrogen (secondary N) is 2. The van der Waals surface area contributed by atoms with Gasteiger partial charge in [-0.05, 0) is 90.8 Å². The molecule has 1 atom stereocenters. The Kier molecular flexibility index (Phi) is 9.48. The summed E-state index contributed by atoms with van der Waals surface area (Å²) in [5.74, 6) is -0.168. The van der Waals surface area contributed by atoms with Crippen molar-refractivity contribution in [1.29, 1.82) is 0 Å². The maximum Gasteiger partial charge on any atom is 0.408 e. The molecule has 0 bridgehead atoms. The van der Waals surface area contributed by atoms with Gasteiger partial charge in [-0.3, -0.25) is 9.59 Å². The van der Waals surface area contributed by atoms with Gasteiger partial charge in [0.15, 0.2) is 0 Å². The van der Waals surface area contributed by atoms with Crippen LogP contribution in [0.1, 0.15) is 92.1 Å². The lowest BCUT2D eigenvalue weighted by Crippen LogP contribution is -2.59. The number of hydrogen-bond donors (Lipinski definition) is 2. The van der Waals surface area contributed by atoms with Gasteiger partial charge in [-0.1, -0.05) is 31.4 Å². The molecule has 2 aliphatic rings. The maximum atomic E-state index is 13.7. The number of piperidine rings is 1. The van der Waals surface area contributed by atoms with E-state index in [9.17, 15) is 18.8 Å². The molecule has 1 heterocycles. The number of ether oxygens (including phenoxy) is 1. The molecule has 8 heteroatoms. The van der Waals surface area contributed by atoms with Crippen molar-refractivity contribution >= 4 is 17.9 Å². The molecule has 38 heavy (non-hydrogen) atoms. The van der Waals surface area contributed by atoms with E-state index in [1.165, 1.54) is 18.6 Å². The Morgan fingerprint density at radius 1 is 1.00 bits per heavy atom. The molecular weight excluding hydrogens is 485 g/mol. The highest BCUT2D eigenvalue weighted by atomic mass is 19.1. The number of carbonyl (C=O) groups excluding carboxylic acids is 3. The quantitative estimate of drug-likeness (QED) is 0.517. The smallest absolute Gasteiger partial charge is 0.408 e. The minimum Gasteiger partial charge on any atom is -0.444 e. The predicted octanol–water partition coefficient (Wildman–Crippen LogP) is 5.37. The van der Waals surface area contributed by atoms with Crippen LogP contribution in [0.2, 0.25) is 0 Å². The summed E-state index contributed by atoms with van der Waals surface area (Å²) in [5.41, 5.74) is -0.795. The topological polar surface area (TPSA) is 87.7 Å². The van der Waals surface area contributed by atoms with E-state index in [0.29, 0.717) is 31.8 Å². The van der Waals surface area contributed by atoms with Gasteiger partial charge in [-0.15, -0.1) is 0 Å². The zero-order valence-electron chi connectivity index (χ0n) is 24.0. The molecule has 1 aliphatic carbocycles. The van der Waals surface area contributed by atoms with Crippen LogP contribution >= 0.6 is 0 Å². The van der Waals surface area contributed by atoms with Gasteiger partial charge in [0.2, 0.25) is 11.8 Å². The molecule has 1 aliphatic heterocycles. The molecule has 7 nitrogen and oxygen atoms in total. The first-order valence-electron chi connectivity index (χ1n) is 14.0. The highest BCUT2D eigenvalue weighted by Crippen LogP contribution is 2.46. The Bertz CT molecular complexity index is 967. The van der Waals surface area contributed by atoms with E-state index in [1.54, 1.807) is 37.8 Å². The number of amides is 3. The van der Waals surface area contributed by atoms with Gasteiger partial charge in [0.05, 0.1) is 5.41 Å². The molecule has 1 saturated heterocycles. The number of rotatable bonds is 6. The van der Waals surface area contributed by atoms with Crippen molar-refractivity contribution in [3.63, 3.8) is 0 Å². The molecule has 2 N–H and O–H groups in total. The summed E-state index contributed by atoms with van der Waals surface area (Å²) in [6.07, 6.45) is 6.30. The van der Waals surface area contributed by atoms with E-state index in [1.807, 2.05) is 20.8 Å². The molecule has 212 valence electrons. The summed E-state index contributed by atoms with van der Waals surface area (Å²) < 4.78 is 18.9. The standard InChI is InChI=1S/C30H46FN3O4/c1-28(2,3)33-26(36)30(22-10-8-7-9-11-22)16-18-34(19-17-30)25(35)24(32-27(37)38-29(4,5)6)20-21-12-14-23(31)15-13-21/h12-15,22,24H,7-11,16-20H2,1-6H3,(H,32,37)(H,33,36)/t24-/m1/s1. The Morgan fingerprint density at radius 3 is 2.11 bits per heavy atom. The number of alkyl carbamates (subject to hydrolysis) is 1. The third kappa shape index (κ3) is 8.18. The largest absolute Gasteiger partial charge is 0.444 e. The van der Waals surface area contributed by atoms with Crippen molar-refractivity contribution in [2.24, 2.45) is 11.3 Å². The van der Waals surface area contributed by atoms with Gasteiger partial charge in [0, 0.05) is 25.0 Å². The summed E-state index contributed by atoms with van der Waals surface area (Å²) in [6.45, 7) is 12.2. The normalized spacial score (nSPS) is 19.4. The van der Waals surface area contributed by atoms with Gasteiger partial charge in [-0.25, -0.2) is 9.18 Å². The first kappa shape index (κ1) is 29.9. The SMILES string of the molecule is CC(C)(C)NC(=O)C1(C2CCCCC2)CCN(C(=O)[C@@H](Cc2ccc(F)cc2)NC(=O)OC(C)(C)C)CC1. The molecule has 2 fully saturated rings. The molecule has 0 unspecified atom stereocenters. The molecule has 3 amide bonds. The van der Waals surface area contributed by atoms with E-state index in [2.05, 4.69) is 10.6 Å². The van der Waals surface area contributed by atoms with E-state index in [-0.39, 0.29) is 29.6 Å². The van der Waals surface area contributed by atoms with Gasteiger partial charge in [-0.2, -0.15) is 0 Å². The van der Waals surface area contributed by atoms with Gasteiger partial charge in [0.25, 0.3) is 0 Å². The molecule has 1 aromatic carbocycles. The average Bonchev–Trinajstić information content (AvgIpc) is 2.83. The third-order valence-electron chi connectivity index (χ3n) is 7.64. The fourth-order valence-corrected chi connectivity index (χ4v) is 5.79. The molecule has 0 radical (unpaired) electrons. The zero-order chi connectivity index (χ0) is 28.1. The Morgan fingerprint density at radius 2 is 1.58 bits per heavy atom. The van der Waals surface area contributed by atoms with Crippen molar-refractivity contribution in [3.05, 3.63) is 35.6 Å². The van der Waals surface area contributed by atoms with Crippen LogP contribution in [0.3, 0.4) is 0 Å². The van der Waals surface area contributed by atoms with Crippen molar-refractivity contribution in [2.45, 2.75) is 110 Å². The first-order valence-corrected chi connectivity index (χ1v) is 14.0. The second kappa shape index (κ2) is 12.0. The predicted molar refractivity (Wildman–Crippen MR) is 146 cm³/mol. The molecule has 0 aromatic heterocycles. The molecular formula is C30H46FN3O4. The molecule has 1 aromatic rings. The Hall–Kier alpha value is -2.64. The summed E-state index contributed by atoms with van der Waals surface area (Å²) >= 11 is 0. The van der Waals surface area contributed by atoms with Crippen molar-refractivity contribution in [1.82, 2.24) is 15.5 Å². The second-order valence-electron chi connectivity index (χ2n) is 13.0. The maximum absolute atomic E-state index is 13.7. The fraction of sp³-hybridized carbons (Fsp3) is 0.700. The summed E-state index contributed by atoms with van der Waals surface area (Å²) in [4.78, 5) is 41.8. The number of nitrogens with zero attached hydrogens (tertiary/aromatic N) is 1. The van der Waals surface area contributed by atoms with Gasteiger partial charge < -0.3 is 20.3 Å². The van der Waals surface area contributed by atoms with Crippen LogP contribution in [-0.2, 0) is 20.7 Å². The van der Waals surface area contributed by atoms with Crippen LogP contribution in [-0.4, -0.2) is 53.1 Å². The lowest BCUT2D eigenvalue weighted by Gasteiger charge is -2.48. The first-order chi connectivity index (χ1) is 17.7. The van der Waals surface area contributed by atoms with Crippen LogP contribution in [0, 0.1) is 17.2 Å². The third-order valence-corrected chi connectivity index (χ3v) is 7.64. The van der Waals surface area contributed by atoms with Crippen molar-refractivity contribution < 1.29 is 23.5 Å². The van der Waals surface area contributed by atoms with Crippen molar-refractivity contribution in [2.75, 3.05) is 13.1 Å². The zero-order valence-corrected chi connectivity index (χ0v) is 24.0. The van der Waals surface area contributed by atoms with E-state index >= 15 is 0 Å². The minimum absolute atomic E-state index is 0.0961. The van der Waals surface area contributed by atoms with Crippen LogP contribution in [0.15, 0.2) is 24.3 Å². The fourth-order valence-electron chi connectivity index (χ4n) is 5.79. The summed E-state index contributed by atoms with van der Waals surface area (Å²) in [7, 11) is 0. The van der Waals surface area contributed by atoms with E-state index in [0.717, 1.165) is 31.2 Å². The molecule has 1 saturated carbocycles. The number of likely N-dealkylation sites (tertiary alicyclic amines) is 1. The minimum atomic E-state index is -0.860. The van der Waals surface area contributed by atoms with Crippen LogP contribution in [0.25, 0.3) is 0 Å². The van der Waals surface area contributed by atoms with Crippen LogP contribution in [0.5, 0.6) is 0 Å². The van der Waals surface area contributed by atoms with Gasteiger partial charge >= 0.3 is 6.09 Å². The number of hydrogen-bond acceptors (Lipinski definition) is 4. The highest BCUT2D eigenvalue weighted by Gasteiger charge is 2.49. The molecule has 0 spiro atoms. The monoisotopic (exact) mass is 531 g/mol. The van der Waals surface area contributed by atoms with Crippen LogP contribution in [0.4, 0.5) is 9.18 Å². The molecule has 3 rings (SSSR count). The second-order valence-corrected chi connectivity index (χ2v) is 13.0. The van der Waals surface area contributed by atoms with Crippen molar-refractivity contribution in [3.8, 4) is 0 Å². The Balaban J connectivity index is 1.77. The summed E-state index contributed by atoms with van der Waals surface area (Å²) in [5, 5.41) is 5.98. The number of benzene rings is 1. The lowest BCUT2D eigenvalue weighted by molar-refractivity contribution is -0.147. The lowest BCUT2D eigenvalue weighted by atomic mass is 9.63. The van der Waals surface area contributed by atoms with E-state index < -0.39 is 23.2 Å². The van der Waals surface area contributed by atoms with E-state index in [4.69, 9.17) is 4.74 Å².